The van der Waals surface area contributed by atoms with Gasteiger partial charge in [-0.1, -0.05) is 20.8 Å². The molecule has 3 nitrogen and oxygen atoms in total. The summed E-state index contributed by atoms with van der Waals surface area (Å²) in [4.78, 5) is 5.17. The average molecular weight is 282 g/mol. The van der Waals surface area contributed by atoms with Crippen molar-refractivity contribution in [2.75, 3.05) is 46.4 Å². The molecule has 3 atom stereocenters. The first-order valence-electron chi connectivity index (χ1n) is 8.56. The largest absolute Gasteiger partial charge is 0.379 e. The lowest BCUT2D eigenvalue weighted by Gasteiger charge is -2.29. The number of likely N-dealkylation sites (tertiary alicyclic amines) is 1. The minimum Gasteiger partial charge on any atom is -0.379 e. The number of rotatable bonds is 6. The third-order valence-electron chi connectivity index (χ3n) is 5.38. The first kappa shape index (κ1) is 16.3. The molecular weight excluding hydrogens is 248 g/mol. The summed E-state index contributed by atoms with van der Waals surface area (Å²) in [6.45, 7) is 13.9. The molecule has 0 saturated carbocycles. The van der Waals surface area contributed by atoms with Crippen molar-refractivity contribution in [3.8, 4) is 0 Å². The van der Waals surface area contributed by atoms with Gasteiger partial charge >= 0.3 is 0 Å². The predicted molar refractivity (Wildman–Crippen MR) is 85.0 cm³/mol. The molecule has 2 rings (SSSR count). The molecular formula is C17H34N2O. The summed E-state index contributed by atoms with van der Waals surface area (Å²) in [6, 6.07) is 0.821. The molecule has 2 heterocycles. The molecule has 20 heavy (non-hydrogen) atoms. The van der Waals surface area contributed by atoms with Crippen molar-refractivity contribution >= 4 is 0 Å². The van der Waals surface area contributed by atoms with Gasteiger partial charge in [0.25, 0.3) is 0 Å². The fourth-order valence-corrected chi connectivity index (χ4v) is 3.69. The van der Waals surface area contributed by atoms with Crippen LogP contribution in [0, 0.1) is 17.8 Å². The van der Waals surface area contributed by atoms with Gasteiger partial charge in [-0.25, -0.2) is 0 Å². The van der Waals surface area contributed by atoms with E-state index in [2.05, 4.69) is 37.6 Å². The van der Waals surface area contributed by atoms with Gasteiger partial charge in [-0.3, -0.25) is 4.90 Å². The SMILES string of the molecule is CC(CCN1CCOCC1)CC1CC(C(C)C)CN1C. The first-order valence-corrected chi connectivity index (χ1v) is 8.56. The van der Waals surface area contributed by atoms with Gasteiger partial charge in [-0.15, -0.1) is 0 Å². The second kappa shape index (κ2) is 7.77. The van der Waals surface area contributed by atoms with Crippen LogP contribution in [0.5, 0.6) is 0 Å². The molecule has 0 aromatic heterocycles. The molecule has 0 bridgehead atoms. The Balaban J connectivity index is 1.67. The van der Waals surface area contributed by atoms with E-state index in [1.54, 1.807) is 0 Å². The molecule has 0 radical (unpaired) electrons. The van der Waals surface area contributed by atoms with Crippen LogP contribution in [-0.2, 0) is 4.74 Å². The van der Waals surface area contributed by atoms with Crippen molar-refractivity contribution in [1.82, 2.24) is 9.80 Å². The molecule has 0 N–H and O–H groups in total. The molecule has 0 aromatic rings. The quantitative estimate of drug-likeness (QED) is 0.745. The highest BCUT2D eigenvalue weighted by molar-refractivity contribution is 4.85. The Morgan fingerprint density at radius 3 is 2.45 bits per heavy atom. The summed E-state index contributed by atoms with van der Waals surface area (Å²) < 4.78 is 5.41. The van der Waals surface area contributed by atoms with Crippen molar-refractivity contribution in [1.29, 1.82) is 0 Å². The predicted octanol–water partition coefficient (Wildman–Crippen LogP) is 2.71. The Labute approximate surface area is 125 Å². The van der Waals surface area contributed by atoms with Gasteiger partial charge in [0, 0.05) is 25.7 Å². The first-order chi connectivity index (χ1) is 9.56. The van der Waals surface area contributed by atoms with Gasteiger partial charge in [0.1, 0.15) is 0 Å². The van der Waals surface area contributed by atoms with Crippen LogP contribution in [0.2, 0.25) is 0 Å². The van der Waals surface area contributed by atoms with Crippen molar-refractivity contribution in [2.45, 2.75) is 46.1 Å². The Kier molecular flexibility index (Phi) is 6.31. The molecule has 0 spiro atoms. The molecule has 3 heteroatoms. The second-order valence-corrected chi connectivity index (χ2v) is 7.42. The highest BCUT2D eigenvalue weighted by Crippen LogP contribution is 2.31. The Morgan fingerprint density at radius 2 is 1.85 bits per heavy atom. The number of nitrogens with zero attached hydrogens (tertiary/aromatic N) is 2. The third-order valence-corrected chi connectivity index (χ3v) is 5.38. The molecule has 0 aromatic carbocycles. The molecule has 2 aliphatic heterocycles. The lowest BCUT2D eigenvalue weighted by Crippen LogP contribution is -2.37. The lowest BCUT2D eigenvalue weighted by molar-refractivity contribution is 0.0351. The molecule has 0 amide bonds. The van der Waals surface area contributed by atoms with E-state index in [1.807, 2.05) is 0 Å². The van der Waals surface area contributed by atoms with Crippen LogP contribution >= 0.6 is 0 Å². The smallest absolute Gasteiger partial charge is 0.0594 e. The van der Waals surface area contributed by atoms with Crippen molar-refractivity contribution in [2.24, 2.45) is 17.8 Å². The van der Waals surface area contributed by atoms with E-state index in [-0.39, 0.29) is 0 Å². The van der Waals surface area contributed by atoms with E-state index in [0.29, 0.717) is 0 Å². The highest BCUT2D eigenvalue weighted by Gasteiger charge is 2.31. The maximum absolute atomic E-state index is 5.41. The zero-order valence-corrected chi connectivity index (χ0v) is 14.0. The number of morpholine rings is 1. The van der Waals surface area contributed by atoms with Crippen LogP contribution in [0.15, 0.2) is 0 Å². The molecule has 2 aliphatic rings. The zero-order valence-electron chi connectivity index (χ0n) is 14.0. The minimum atomic E-state index is 0.821. The van der Waals surface area contributed by atoms with Crippen LogP contribution in [0.1, 0.15) is 40.0 Å². The molecule has 2 fully saturated rings. The molecule has 2 saturated heterocycles. The minimum absolute atomic E-state index is 0.821. The Hall–Kier alpha value is -0.120. The summed E-state index contributed by atoms with van der Waals surface area (Å²) in [6.07, 6.45) is 4.14. The van der Waals surface area contributed by atoms with E-state index in [4.69, 9.17) is 4.74 Å². The van der Waals surface area contributed by atoms with E-state index in [1.165, 1.54) is 32.4 Å². The van der Waals surface area contributed by atoms with Gasteiger partial charge in [0.2, 0.25) is 0 Å². The van der Waals surface area contributed by atoms with Crippen LogP contribution in [0.4, 0.5) is 0 Å². The maximum atomic E-state index is 5.41. The van der Waals surface area contributed by atoms with E-state index in [9.17, 15) is 0 Å². The number of hydrogen-bond acceptors (Lipinski definition) is 3. The zero-order chi connectivity index (χ0) is 14.5. The Morgan fingerprint density at radius 1 is 1.15 bits per heavy atom. The molecule has 3 unspecified atom stereocenters. The summed E-state index contributed by atoms with van der Waals surface area (Å²) in [5.74, 6) is 2.60. The topological polar surface area (TPSA) is 15.7 Å². The van der Waals surface area contributed by atoms with E-state index < -0.39 is 0 Å². The van der Waals surface area contributed by atoms with Crippen molar-refractivity contribution in [3.63, 3.8) is 0 Å². The van der Waals surface area contributed by atoms with Gasteiger partial charge in [0.05, 0.1) is 13.2 Å². The summed E-state index contributed by atoms with van der Waals surface area (Å²) >= 11 is 0. The van der Waals surface area contributed by atoms with Crippen molar-refractivity contribution in [3.05, 3.63) is 0 Å². The van der Waals surface area contributed by atoms with Gasteiger partial charge in [0.15, 0.2) is 0 Å². The fraction of sp³-hybridized carbons (Fsp3) is 1.00. The van der Waals surface area contributed by atoms with Crippen molar-refractivity contribution < 1.29 is 4.74 Å². The number of ether oxygens (including phenoxy) is 1. The molecule has 0 aliphatic carbocycles. The fourth-order valence-electron chi connectivity index (χ4n) is 3.69. The molecule has 118 valence electrons. The monoisotopic (exact) mass is 282 g/mol. The highest BCUT2D eigenvalue weighted by atomic mass is 16.5. The summed E-state index contributed by atoms with van der Waals surface area (Å²) in [5, 5.41) is 0. The van der Waals surface area contributed by atoms with Gasteiger partial charge in [-0.2, -0.15) is 0 Å². The van der Waals surface area contributed by atoms with Gasteiger partial charge < -0.3 is 9.64 Å². The lowest BCUT2D eigenvalue weighted by atomic mass is 9.90. The third kappa shape index (κ3) is 4.71. The Bertz CT molecular complexity index is 276. The van der Waals surface area contributed by atoms with Crippen LogP contribution in [0.3, 0.4) is 0 Å². The van der Waals surface area contributed by atoms with E-state index in [0.717, 1.165) is 50.1 Å². The van der Waals surface area contributed by atoms with E-state index >= 15 is 0 Å². The van der Waals surface area contributed by atoms with Crippen LogP contribution in [-0.4, -0.2) is 62.3 Å². The summed E-state index contributed by atoms with van der Waals surface area (Å²) in [7, 11) is 2.32. The average Bonchev–Trinajstić information content (AvgIpc) is 2.79. The second-order valence-electron chi connectivity index (χ2n) is 7.42. The normalized spacial score (nSPS) is 31.1. The standard InChI is InChI=1S/C17H34N2O/c1-14(2)16-12-17(18(4)13-16)11-15(3)5-6-19-7-9-20-10-8-19/h14-17H,5-13H2,1-4H3. The van der Waals surface area contributed by atoms with Crippen LogP contribution in [0.25, 0.3) is 0 Å². The van der Waals surface area contributed by atoms with Crippen LogP contribution < -0.4 is 0 Å². The summed E-state index contributed by atoms with van der Waals surface area (Å²) in [5.41, 5.74) is 0. The number of hydrogen-bond donors (Lipinski definition) is 0. The van der Waals surface area contributed by atoms with Gasteiger partial charge in [-0.05, 0) is 50.6 Å². The maximum Gasteiger partial charge on any atom is 0.0594 e.